The number of aryl methyl sites for hydroxylation is 1. The van der Waals surface area contributed by atoms with E-state index in [-0.39, 0.29) is 11.3 Å². The van der Waals surface area contributed by atoms with E-state index in [1.165, 1.54) is 6.08 Å². The van der Waals surface area contributed by atoms with Crippen LogP contribution in [0.3, 0.4) is 0 Å². The number of pyridine rings is 1. The summed E-state index contributed by atoms with van der Waals surface area (Å²) in [6.07, 6.45) is 2.32. The lowest BCUT2D eigenvalue weighted by Gasteiger charge is -2.47. The van der Waals surface area contributed by atoms with Gasteiger partial charge in [0.05, 0.1) is 21.6 Å². The topological polar surface area (TPSA) is 73.1 Å². The number of anilines is 1. The van der Waals surface area contributed by atoms with Crippen LogP contribution in [0.15, 0.2) is 60.6 Å². The molecule has 4 heterocycles. The van der Waals surface area contributed by atoms with Gasteiger partial charge < -0.3 is 9.80 Å². The first-order valence-corrected chi connectivity index (χ1v) is 13.4. The Labute approximate surface area is 224 Å². The molecule has 2 aliphatic rings. The van der Waals surface area contributed by atoms with Gasteiger partial charge in [0.25, 0.3) is 0 Å². The number of likely N-dealkylation sites (tertiary alicyclic amines) is 1. The normalized spacial score (nSPS) is 16.1. The maximum atomic E-state index is 12.0. The number of aromatic nitrogens is 2. The van der Waals surface area contributed by atoms with Gasteiger partial charge in [-0.3, -0.25) is 4.79 Å². The van der Waals surface area contributed by atoms with Gasteiger partial charge in [0.1, 0.15) is 17.5 Å². The Morgan fingerprint density at radius 2 is 2.05 bits per heavy atom. The minimum absolute atomic E-state index is 0.0220. The van der Waals surface area contributed by atoms with Crippen molar-refractivity contribution in [1.29, 1.82) is 5.26 Å². The summed E-state index contributed by atoms with van der Waals surface area (Å²) in [5, 5.41) is 11.9. The average molecular weight is 526 g/mol. The number of nitriles is 1. The minimum atomic E-state index is -0.0301. The third-order valence-corrected chi connectivity index (χ3v) is 8.81. The molecular weight excluding hydrogens is 502 g/mol. The van der Waals surface area contributed by atoms with Crippen molar-refractivity contribution in [3.8, 4) is 27.6 Å². The molecule has 0 aliphatic carbocycles. The summed E-state index contributed by atoms with van der Waals surface area (Å²) in [5.74, 6) is 0.644. The summed E-state index contributed by atoms with van der Waals surface area (Å²) in [6, 6.07) is 16.3. The van der Waals surface area contributed by atoms with Crippen LogP contribution in [0.5, 0.6) is 0 Å². The standard InChI is InChI=1S/C29H24ClN5OS/c1-3-25(36)35-15-29(16-35)10-11-34(14-29)28-22(13-31)26(20-6-4-5-7-23(20)30)21-9-8-19(12-24(21)33-28)27-18(2)32-17-37-27/h3-9,12,17H,1,10-11,14-16H2,2H3. The molecule has 2 aromatic heterocycles. The molecule has 1 spiro atoms. The number of hydrogen-bond acceptors (Lipinski definition) is 6. The van der Waals surface area contributed by atoms with Crippen LogP contribution in [0.2, 0.25) is 5.02 Å². The predicted octanol–water partition coefficient (Wildman–Crippen LogP) is 6.08. The number of fused-ring (bicyclic) bond motifs is 1. The van der Waals surface area contributed by atoms with Crippen LogP contribution in [-0.4, -0.2) is 47.0 Å². The molecule has 0 N–H and O–H groups in total. The highest BCUT2D eigenvalue weighted by Crippen LogP contribution is 2.45. The minimum Gasteiger partial charge on any atom is -0.355 e. The maximum absolute atomic E-state index is 12.0. The Bertz CT molecular complexity index is 1610. The molecule has 8 heteroatoms. The van der Waals surface area contributed by atoms with E-state index in [9.17, 15) is 10.1 Å². The highest BCUT2D eigenvalue weighted by molar-refractivity contribution is 7.13. The highest BCUT2D eigenvalue weighted by atomic mass is 35.5. The van der Waals surface area contributed by atoms with Crippen LogP contribution in [0.25, 0.3) is 32.5 Å². The van der Waals surface area contributed by atoms with Gasteiger partial charge in [-0.25, -0.2) is 9.97 Å². The molecule has 0 radical (unpaired) electrons. The van der Waals surface area contributed by atoms with Crippen molar-refractivity contribution in [2.24, 2.45) is 5.41 Å². The average Bonchev–Trinajstić information content (AvgIpc) is 3.53. The molecule has 0 bridgehead atoms. The van der Waals surface area contributed by atoms with Crippen LogP contribution in [0.1, 0.15) is 17.7 Å². The second-order valence-corrected chi connectivity index (χ2v) is 11.1. The van der Waals surface area contributed by atoms with Gasteiger partial charge in [-0.1, -0.05) is 48.5 Å². The van der Waals surface area contributed by atoms with Gasteiger partial charge >= 0.3 is 0 Å². The lowest BCUT2D eigenvalue weighted by molar-refractivity contribution is -0.136. The lowest BCUT2D eigenvalue weighted by Crippen LogP contribution is -2.59. The molecule has 6 rings (SSSR count). The number of halogens is 1. The molecule has 0 saturated carbocycles. The summed E-state index contributed by atoms with van der Waals surface area (Å²) < 4.78 is 0. The van der Waals surface area contributed by atoms with Gasteiger partial charge in [-0.15, -0.1) is 11.3 Å². The Balaban J connectivity index is 1.50. The summed E-state index contributed by atoms with van der Waals surface area (Å²) in [7, 11) is 0. The van der Waals surface area contributed by atoms with Crippen molar-refractivity contribution in [3.05, 3.63) is 76.9 Å². The first kappa shape index (κ1) is 23.7. The van der Waals surface area contributed by atoms with Crippen LogP contribution >= 0.6 is 22.9 Å². The molecule has 6 nitrogen and oxygen atoms in total. The quantitative estimate of drug-likeness (QED) is 0.302. The van der Waals surface area contributed by atoms with Crippen molar-refractivity contribution in [1.82, 2.24) is 14.9 Å². The molecule has 4 aromatic rings. The molecular formula is C29H24ClN5OS. The largest absolute Gasteiger partial charge is 0.355 e. The van der Waals surface area contributed by atoms with Gasteiger partial charge in [0.2, 0.25) is 5.91 Å². The van der Waals surface area contributed by atoms with Crippen LogP contribution in [0.4, 0.5) is 5.82 Å². The van der Waals surface area contributed by atoms with E-state index in [2.05, 4.69) is 34.7 Å². The monoisotopic (exact) mass is 525 g/mol. The zero-order valence-electron chi connectivity index (χ0n) is 20.4. The van der Waals surface area contributed by atoms with Crippen LogP contribution in [-0.2, 0) is 4.79 Å². The number of rotatable bonds is 4. The molecule has 0 atom stereocenters. The molecule has 0 unspecified atom stereocenters. The Morgan fingerprint density at radius 1 is 1.24 bits per heavy atom. The van der Waals surface area contributed by atoms with Crippen molar-refractivity contribution >= 4 is 45.6 Å². The fraction of sp³-hybridized carbons (Fsp3) is 0.241. The fourth-order valence-corrected chi connectivity index (χ4v) is 6.71. The predicted molar refractivity (Wildman–Crippen MR) is 149 cm³/mol. The zero-order valence-corrected chi connectivity index (χ0v) is 21.9. The molecule has 2 aromatic carbocycles. The van der Waals surface area contributed by atoms with Crippen molar-refractivity contribution in [2.75, 3.05) is 31.1 Å². The third kappa shape index (κ3) is 3.88. The number of hydrogen-bond donors (Lipinski definition) is 0. The Kier molecular flexibility index (Phi) is 5.74. The smallest absolute Gasteiger partial charge is 0.245 e. The van der Waals surface area contributed by atoms with E-state index in [1.807, 2.05) is 47.7 Å². The molecule has 2 saturated heterocycles. The summed E-state index contributed by atoms with van der Waals surface area (Å²) in [4.78, 5) is 26.7. The number of benzene rings is 2. The molecule has 2 aliphatic heterocycles. The van der Waals surface area contributed by atoms with Gasteiger partial charge in [0.15, 0.2) is 0 Å². The Hall–Kier alpha value is -3.73. The molecule has 2 fully saturated rings. The fourth-order valence-electron chi connectivity index (χ4n) is 5.67. The van der Waals surface area contributed by atoms with E-state index in [4.69, 9.17) is 16.6 Å². The summed E-state index contributed by atoms with van der Waals surface area (Å²) in [5.41, 5.74) is 6.87. The van der Waals surface area contributed by atoms with Gasteiger partial charge in [0, 0.05) is 53.1 Å². The lowest BCUT2D eigenvalue weighted by atomic mass is 9.79. The molecule has 37 heavy (non-hydrogen) atoms. The maximum Gasteiger partial charge on any atom is 0.245 e. The van der Waals surface area contributed by atoms with Crippen molar-refractivity contribution in [2.45, 2.75) is 13.3 Å². The number of nitrogens with zero attached hydrogens (tertiary/aromatic N) is 5. The van der Waals surface area contributed by atoms with E-state index >= 15 is 0 Å². The number of carbonyl (C=O) groups excluding carboxylic acids is 1. The number of carbonyl (C=O) groups is 1. The van der Waals surface area contributed by atoms with Crippen LogP contribution in [0, 0.1) is 23.7 Å². The summed E-state index contributed by atoms with van der Waals surface area (Å²) >= 11 is 8.28. The molecule has 1 amide bonds. The summed E-state index contributed by atoms with van der Waals surface area (Å²) in [6.45, 7) is 8.55. The zero-order chi connectivity index (χ0) is 25.7. The van der Waals surface area contributed by atoms with Gasteiger partial charge in [-0.05, 0) is 37.1 Å². The van der Waals surface area contributed by atoms with Crippen LogP contribution < -0.4 is 4.90 Å². The third-order valence-electron chi connectivity index (χ3n) is 7.51. The van der Waals surface area contributed by atoms with E-state index in [0.29, 0.717) is 29.5 Å². The highest BCUT2D eigenvalue weighted by Gasteiger charge is 2.49. The second kappa shape index (κ2) is 8.98. The van der Waals surface area contributed by atoms with E-state index in [0.717, 1.165) is 57.7 Å². The first-order chi connectivity index (χ1) is 17.9. The first-order valence-electron chi connectivity index (χ1n) is 12.1. The van der Waals surface area contributed by atoms with Gasteiger partial charge in [-0.2, -0.15) is 5.26 Å². The molecule has 184 valence electrons. The van der Waals surface area contributed by atoms with E-state index in [1.54, 1.807) is 11.3 Å². The van der Waals surface area contributed by atoms with Crippen molar-refractivity contribution < 1.29 is 4.79 Å². The number of thiazole rings is 1. The Morgan fingerprint density at radius 3 is 2.76 bits per heavy atom. The van der Waals surface area contributed by atoms with E-state index < -0.39 is 0 Å². The second-order valence-electron chi connectivity index (χ2n) is 9.85. The van der Waals surface area contributed by atoms with Crippen molar-refractivity contribution in [3.63, 3.8) is 0 Å². The number of amides is 1. The SMILES string of the molecule is C=CC(=O)N1CC2(CCN(c3nc4cc(-c5scnc5C)ccc4c(-c4ccccc4Cl)c3C#N)C2)C1.